The molecule has 1 saturated carbocycles. The molecule has 1 aliphatic heterocycles. The molecule has 3 rings (SSSR count). The number of carbonyl (C=O) groups is 4. The smallest absolute Gasteiger partial charge is 0.344 e. The number of esters is 1. The fourth-order valence-electron chi connectivity index (χ4n) is 3.45. The van der Waals surface area contributed by atoms with Gasteiger partial charge < -0.3 is 15.2 Å². The van der Waals surface area contributed by atoms with E-state index in [0.717, 1.165) is 12.8 Å². The molecule has 1 heterocycles. The molecule has 0 bridgehead atoms. The second-order valence-corrected chi connectivity index (χ2v) is 7.37. The van der Waals surface area contributed by atoms with E-state index in [2.05, 4.69) is 17.7 Å². The molecule has 2 aliphatic rings. The maximum Gasteiger partial charge on any atom is 0.344 e. The summed E-state index contributed by atoms with van der Waals surface area (Å²) in [6.45, 7) is 1.48. The minimum atomic E-state index is -0.952. The van der Waals surface area contributed by atoms with E-state index in [-0.39, 0.29) is 12.2 Å². The van der Waals surface area contributed by atoms with Crippen molar-refractivity contribution in [3.05, 3.63) is 29.8 Å². The molecular formula is C19H23N3O6. The molecular weight excluding hydrogens is 366 g/mol. The number of benzene rings is 1. The Labute approximate surface area is 162 Å². The van der Waals surface area contributed by atoms with Crippen LogP contribution in [0.3, 0.4) is 0 Å². The normalized spacial score (nSPS) is 24.2. The molecule has 28 heavy (non-hydrogen) atoms. The van der Waals surface area contributed by atoms with Crippen molar-refractivity contribution in [3.8, 4) is 5.75 Å². The van der Waals surface area contributed by atoms with Gasteiger partial charge in [-0.3, -0.25) is 19.8 Å². The van der Waals surface area contributed by atoms with Gasteiger partial charge in [0.1, 0.15) is 11.3 Å². The van der Waals surface area contributed by atoms with Gasteiger partial charge >= 0.3 is 12.0 Å². The van der Waals surface area contributed by atoms with E-state index in [9.17, 15) is 24.3 Å². The van der Waals surface area contributed by atoms with Gasteiger partial charge in [0.05, 0.1) is 6.42 Å². The third-order valence-corrected chi connectivity index (χ3v) is 5.18. The average Bonchev–Trinajstić information content (AvgIpc) is 2.89. The summed E-state index contributed by atoms with van der Waals surface area (Å²) in [6.07, 6.45) is 2.64. The molecule has 1 aromatic rings. The quantitative estimate of drug-likeness (QED) is 0.510. The number of phenols is 1. The lowest BCUT2D eigenvalue weighted by molar-refractivity contribution is -0.150. The first-order valence-corrected chi connectivity index (χ1v) is 9.19. The van der Waals surface area contributed by atoms with Crippen molar-refractivity contribution in [3.63, 3.8) is 0 Å². The molecule has 1 aliphatic carbocycles. The number of amides is 4. The Bertz CT molecular complexity index is 783. The second kappa shape index (κ2) is 7.87. The topological polar surface area (TPSA) is 125 Å². The standard InChI is InChI=1S/C19H23N3O6/c1-12-6-8-19(9-7-12)17(26)22(18(27)20-19)21-15(24)11-28-16(25)10-13-2-4-14(23)5-3-13/h2-5,12,23H,6-11H2,1H3,(H,20,27)(H,21,24). The van der Waals surface area contributed by atoms with Crippen molar-refractivity contribution < 1.29 is 29.0 Å². The van der Waals surface area contributed by atoms with E-state index in [1.165, 1.54) is 12.1 Å². The number of nitrogens with one attached hydrogen (secondary N) is 2. The summed E-state index contributed by atoms with van der Waals surface area (Å²) in [5, 5.41) is 12.6. The summed E-state index contributed by atoms with van der Waals surface area (Å²) < 4.78 is 4.89. The van der Waals surface area contributed by atoms with E-state index < -0.39 is 36.0 Å². The SMILES string of the molecule is CC1CCC2(CC1)NC(=O)N(NC(=O)COC(=O)Cc1ccc(O)cc1)C2=O. The zero-order chi connectivity index (χ0) is 20.3. The third-order valence-electron chi connectivity index (χ3n) is 5.18. The van der Waals surface area contributed by atoms with Crippen LogP contribution in [0, 0.1) is 5.92 Å². The molecule has 0 radical (unpaired) electrons. The van der Waals surface area contributed by atoms with Crippen molar-refractivity contribution in [2.45, 2.75) is 44.6 Å². The Morgan fingerprint density at radius 1 is 1.25 bits per heavy atom. The summed E-state index contributed by atoms with van der Waals surface area (Å²) >= 11 is 0. The molecule has 2 fully saturated rings. The highest BCUT2D eigenvalue weighted by Crippen LogP contribution is 2.35. The maximum atomic E-state index is 12.6. The molecule has 0 aromatic heterocycles. The Morgan fingerprint density at radius 2 is 1.89 bits per heavy atom. The highest BCUT2D eigenvalue weighted by Gasteiger charge is 2.52. The summed E-state index contributed by atoms with van der Waals surface area (Å²) in [5.41, 5.74) is 1.87. The third kappa shape index (κ3) is 4.24. The molecule has 1 spiro atoms. The number of hydrogen-bond acceptors (Lipinski definition) is 6. The number of aromatic hydroxyl groups is 1. The lowest BCUT2D eigenvalue weighted by Gasteiger charge is -2.33. The first-order valence-electron chi connectivity index (χ1n) is 9.19. The molecule has 0 atom stereocenters. The van der Waals surface area contributed by atoms with Crippen LogP contribution in [-0.2, 0) is 25.5 Å². The summed E-state index contributed by atoms with van der Waals surface area (Å²) in [5.74, 6) is -1.32. The first kappa shape index (κ1) is 19.7. The maximum absolute atomic E-state index is 12.6. The van der Waals surface area contributed by atoms with Gasteiger partial charge in [-0.2, -0.15) is 5.01 Å². The van der Waals surface area contributed by atoms with Crippen molar-refractivity contribution in [2.75, 3.05) is 6.61 Å². The molecule has 150 valence electrons. The Kier molecular flexibility index (Phi) is 5.53. The van der Waals surface area contributed by atoms with Gasteiger partial charge in [-0.1, -0.05) is 19.1 Å². The van der Waals surface area contributed by atoms with Gasteiger partial charge in [-0.15, -0.1) is 0 Å². The van der Waals surface area contributed by atoms with Gasteiger partial charge in [0.25, 0.3) is 11.8 Å². The van der Waals surface area contributed by atoms with Crippen LogP contribution < -0.4 is 10.7 Å². The Hall–Kier alpha value is -3.10. The minimum Gasteiger partial charge on any atom is -0.508 e. The predicted octanol–water partition coefficient (Wildman–Crippen LogP) is 1.01. The lowest BCUT2D eigenvalue weighted by atomic mass is 9.77. The highest BCUT2D eigenvalue weighted by atomic mass is 16.5. The molecule has 1 aromatic carbocycles. The number of rotatable bonds is 5. The van der Waals surface area contributed by atoms with Crippen LogP contribution >= 0.6 is 0 Å². The van der Waals surface area contributed by atoms with Crippen molar-refractivity contribution in [1.29, 1.82) is 0 Å². The van der Waals surface area contributed by atoms with Crippen LogP contribution in [0.2, 0.25) is 0 Å². The first-order chi connectivity index (χ1) is 13.3. The van der Waals surface area contributed by atoms with Crippen LogP contribution in [0.1, 0.15) is 38.2 Å². The van der Waals surface area contributed by atoms with Gasteiger partial charge in [-0.25, -0.2) is 4.79 Å². The summed E-state index contributed by atoms with van der Waals surface area (Å²) in [6, 6.07) is 5.33. The Morgan fingerprint density at radius 3 is 2.54 bits per heavy atom. The number of imide groups is 1. The number of urea groups is 1. The van der Waals surface area contributed by atoms with Crippen LogP contribution in [0.15, 0.2) is 24.3 Å². The van der Waals surface area contributed by atoms with E-state index in [1.54, 1.807) is 12.1 Å². The molecule has 3 N–H and O–H groups in total. The molecule has 9 nitrogen and oxygen atoms in total. The van der Waals surface area contributed by atoms with Gasteiger partial charge in [-0.05, 0) is 49.3 Å². The van der Waals surface area contributed by atoms with Crippen LogP contribution in [-0.4, -0.2) is 46.1 Å². The number of carbonyl (C=O) groups excluding carboxylic acids is 4. The van der Waals surface area contributed by atoms with E-state index in [4.69, 9.17) is 4.74 Å². The van der Waals surface area contributed by atoms with E-state index >= 15 is 0 Å². The van der Waals surface area contributed by atoms with Crippen molar-refractivity contribution in [1.82, 2.24) is 15.8 Å². The monoisotopic (exact) mass is 389 g/mol. The molecule has 9 heteroatoms. The lowest BCUT2D eigenvalue weighted by Crippen LogP contribution is -2.52. The zero-order valence-electron chi connectivity index (χ0n) is 15.6. The fraction of sp³-hybridized carbons (Fsp3) is 0.474. The summed E-state index contributed by atoms with van der Waals surface area (Å²) in [7, 11) is 0. The molecule has 1 saturated heterocycles. The number of ether oxygens (including phenoxy) is 1. The number of hydrazine groups is 1. The summed E-state index contributed by atoms with van der Waals surface area (Å²) in [4.78, 5) is 48.6. The highest BCUT2D eigenvalue weighted by molar-refractivity contribution is 6.08. The molecule has 4 amide bonds. The average molecular weight is 389 g/mol. The van der Waals surface area contributed by atoms with Gasteiger partial charge in [0.2, 0.25) is 0 Å². The van der Waals surface area contributed by atoms with E-state index in [0.29, 0.717) is 29.3 Å². The minimum absolute atomic E-state index is 0.0714. The molecule has 0 unspecified atom stereocenters. The van der Waals surface area contributed by atoms with E-state index in [1.807, 2.05) is 0 Å². The number of phenolic OH excluding ortho intramolecular Hbond substituents is 1. The predicted molar refractivity (Wildman–Crippen MR) is 96.7 cm³/mol. The Balaban J connectivity index is 1.49. The fourth-order valence-corrected chi connectivity index (χ4v) is 3.45. The van der Waals surface area contributed by atoms with Crippen LogP contribution in [0.4, 0.5) is 4.79 Å². The van der Waals surface area contributed by atoms with Crippen molar-refractivity contribution >= 4 is 23.8 Å². The van der Waals surface area contributed by atoms with Crippen molar-refractivity contribution in [2.24, 2.45) is 5.92 Å². The number of hydrogen-bond donors (Lipinski definition) is 3. The van der Waals surface area contributed by atoms with Crippen LogP contribution in [0.5, 0.6) is 5.75 Å². The number of nitrogens with zero attached hydrogens (tertiary/aromatic N) is 1. The van der Waals surface area contributed by atoms with Crippen LogP contribution in [0.25, 0.3) is 0 Å². The van der Waals surface area contributed by atoms with Gasteiger partial charge in [0.15, 0.2) is 6.61 Å². The van der Waals surface area contributed by atoms with Gasteiger partial charge in [0, 0.05) is 0 Å². The largest absolute Gasteiger partial charge is 0.508 e. The zero-order valence-corrected chi connectivity index (χ0v) is 15.6. The second-order valence-electron chi connectivity index (χ2n) is 7.37.